The van der Waals surface area contributed by atoms with Gasteiger partial charge in [0.2, 0.25) is 5.95 Å². The molecule has 154 valence electrons. The second-order valence-corrected chi connectivity index (χ2v) is 8.17. The average Bonchev–Trinajstić information content (AvgIpc) is 3.42. The second kappa shape index (κ2) is 6.87. The number of fused-ring (bicyclic) bond motifs is 3. The zero-order chi connectivity index (χ0) is 20.9. The van der Waals surface area contributed by atoms with Crippen molar-refractivity contribution in [3.05, 3.63) is 71.5 Å². The van der Waals surface area contributed by atoms with Gasteiger partial charge in [-0.1, -0.05) is 18.2 Å². The zero-order valence-corrected chi connectivity index (χ0v) is 17.1. The maximum atomic E-state index is 12.6. The maximum Gasteiger partial charge on any atom is 0.255 e. The van der Waals surface area contributed by atoms with E-state index in [1.807, 2.05) is 24.4 Å². The summed E-state index contributed by atoms with van der Waals surface area (Å²) in [5.74, 6) is 0.699. The summed E-state index contributed by atoms with van der Waals surface area (Å²) in [5.41, 5.74) is 3.32. The Morgan fingerprint density at radius 1 is 0.968 bits per heavy atom. The number of benzene rings is 1. The molecule has 4 aromatic rings. The van der Waals surface area contributed by atoms with Gasteiger partial charge in [-0.3, -0.25) is 14.3 Å². The fraction of sp³-hybridized carbons (Fsp3) is 0.261. The summed E-state index contributed by atoms with van der Waals surface area (Å²) in [6.07, 6.45) is 6.15. The monoisotopic (exact) mass is 411 g/mol. The highest BCUT2D eigenvalue weighted by atomic mass is 16.1. The molecule has 0 amide bonds. The lowest BCUT2D eigenvalue weighted by atomic mass is 10.2. The largest absolute Gasteiger partial charge is 0.363 e. The van der Waals surface area contributed by atoms with E-state index in [-0.39, 0.29) is 5.56 Å². The van der Waals surface area contributed by atoms with E-state index >= 15 is 0 Å². The van der Waals surface area contributed by atoms with Crippen molar-refractivity contribution in [1.82, 2.24) is 24.5 Å². The molecule has 8 heteroatoms. The smallest absolute Gasteiger partial charge is 0.255 e. The number of hydrogen-bond donors (Lipinski definition) is 0. The fourth-order valence-electron chi connectivity index (χ4n) is 4.80. The van der Waals surface area contributed by atoms with E-state index < -0.39 is 0 Å². The molecular formula is C23H21N7O. The van der Waals surface area contributed by atoms with E-state index in [1.165, 1.54) is 12.4 Å². The highest BCUT2D eigenvalue weighted by Crippen LogP contribution is 2.37. The predicted molar refractivity (Wildman–Crippen MR) is 119 cm³/mol. The van der Waals surface area contributed by atoms with Gasteiger partial charge in [0.1, 0.15) is 6.33 Å². The Hall–Kier alpha value is -3.81. The summed E-state index contributed by atoms with van der Waals surface area (Å²) in [7, 11) is 1.78. The molecule has 2 atom stereocenters. The first kappa shape index (κ1) is 18.0. The van der Waals surface area contributed by atoms with E-state index in [4.69, 9.17) is 4.98 Å². The molecule has 1 aromatic carbocycles. The summed E-state index contributed by atoms with van der Waals surface area (Å²) in [6.45, 7) is 1.71. The van der Waals surface area contributed by atoms with Crippen molar-refractivity contribution in [3.8, 4) is 11.4 Å². The molecule has 0 saturated carbocycles. The highest BCUT2D eigenvalue weighted by molar-refractivity contribution is 5.82. The Kier molecular flexibility index (Phi) is 3.99. The quantitative estimate of drug-likeness (QED) is 0.512. The van der Waals surface area contributed by atoms with Crippen LogP contribution in [0.25, 0.3) is 22.3 Å². The molecule has 2 bridgehead atoms. The van der Waals surface area contributed by atoms with Crippen LogP contribution in [0.4, 0.5) is 11.6 Å². The van der Waals surface area contributed by atoms with Crippen LogP contribution < -0.4 is 15.4 Å². The third kappa shape index (κ3) is 2.94. The number of nitrogens with zero attached hydrogens (tertiary/aromatic N) is 7. The minimum atomic E-state index is -0.0861. The lowest BCUT2D eigenvalue weighted by Crippen LogP contribution is -2.48. The van der Waals surface area contributed by atoms with Crippen molar-refractivity contribution < 1.29 is 0 Å². The van der Waals surface area contributed by atoms with Crippen LogP contribution in [0.5, 0.6) is 0 Å². The van der Waals surface area contributed by atoms with Gasteiger partial charge in [-0.15, -0.1) is 0 Å². The number of piperazine rings is 1. The van der Waals surface area contributed by atoms with Crippen molar-refractivity contribution >= 4 is 22.5 Å². The molecular weight excluding hydrogens is 390 g/mol. The van der Waals surface area contributed by atoms with Crippen molar-refractivity contribution in [2.75, 3.05) is 22.9 Å². The number of aromatic nitrogens is 5. The van der Waals surface area contributed by atoms with Gasteiger partial charge in [0.25, 0.3) is 5.56 Å². The van der Waals surface area contributed by atoms with Crippen LogP contribution in [0.1, 0.15) is 6.42 Å². The second-order valence-electron chi connectivity index (χ2n) is 8.17. The van der Waals surface area contributed by atoms with Crippen molar-refractivity contribution in [2.24, 2.45) is 7.05 Å². The Bertz CT molecular complexity index is 1340. The lowest BCUT2D eigenvalue weighted by Gasteiger charge is -2.36. The van der Waals surface area contributed by atoms with Gasteiger partial charge in [0.05, 0.1) is 34.8 Å². The molecule has 0 aliphatic carbocycles. The molecule has 0 spiro atoms. The Morgan fingerprint density at radius 3 is 2.61 bits per heavy atom. The van der Waals surface area contributed by atoms with Gasteiger partial charge in [0.15, 0.2) is 0 Å². The highest BCUT2D eigenvalue weighted by Gasteiger charge is 2.44. The van der Waals surface area contributed by atoms with Gasteiger partial charge < -0.3 is 9.80 Å². The minimum Gasteiger partial charge on any atom is -0.363 e. The summed E-state index contributed by atoms with van der Waals surface area (Å²) >= 11 is 0. The third-order valence-corrected chi connectivity index (χ3v) is 6.36. The van der Waals surface area contributed by atoms with Crippen molar-refractivity contribution in [3.63, 3.8) is 0 Å². The van der Waals surface area contributed by atoms with Gasteiger partial charge in [-0.05, 0) is 24.6 Å². The van der Waals surface area contributed by atoms with Crippen LogP contribution in [0.15, 0.2) is 66.0 Å². The molecule has 2 fully saturated rings. The van der Waals surface area contributed by atoms with Crippen LogP contribution in [0.2, 0.25) is 0 Å². The van der Waals surface area contributed by atoms with Crippen molar-refractivity contribution in [1.29, 1.82) is 0 Å². The Morgan fingerprint density at radius 2 is 1.81 bits per heavy atom. The first-order chi connectivity index (χ1) is 15.2. The number of anilines is 2. The molecule has 2 aliphatic rings. The first-order valence-electron chi connectivity index (χ1n) is 10.4. The number of rotatable bonds is 3. The molecule has 31 heavy (non-hydrogen) atoms. The summed E-state index contributed by atoms with van der Waals surface area (Å²) < 4.78 is 1.63. The number of hydrogen-bond acceptors (Lipinski definition) is 7. The first-order valence-corrected chi connectivity index (χ1v) is 10.4. The van der Waals surface area contributed by atoms with Crippen LogP contribution in [-0.2, 0) is 7.05 Å². The molecule has 0 radical (unpaired) electrons. The van der Waals surface area contributed by atoms with E-state index in [2.05, 4.69) is 36.9 Å². The van der Waals surface area contributed by atoms with Crippen LogP contribution >= 0.6 is 0 Å². The molecule has 1 unspecified atom stereocenters. The summed E-state index contributed by atoms with van der Waals surface area (Å²) in [4.78, 5) is 35.0. The molecule has 2 saturated heterocycles. The average molecular weight is 411 g/mol. The van der Waals surface area contributed by atoms with Crippen LogP contribution in [-0.4, -0.2) is 49.7 Å². The Balaban J connectivity index is 1.31. The predicted octanol–water partition coefficient (Wildman–Crippen LogP) is 2.25. The normalized spacial score (nSPS) is 20.0. The molecule has 5 heterocycles. The van der Waals surface area contributed by atoms with Gasteiger partial charge in [-0.2, -0.15) is 0 Å². The van der Waals surface area contributed by atoms with Gasteiger partial charge >= 0.3 is 0 Å². The third-order valence-electron chi connectivity index (χ3n) is 6.36. The van der Waals surface area contributed by atoms with E-state index in [0.717, 1.165) is 36.1 Å². The molecule has 2 aliphatic heterocycles. The van der Waals surface area contributed by atoms with Crippen LogP contribution in [0, 0.1) is 0 Å². The van der Waals surface area contributed by atoms with E-state index in [1.54, 1.807) is 23.9 Å². The summed E-state index contributed by atoms with van der Waals surface area (Å²) in [5, 5.41) is 1.15. The SMILES string of the molecule is Cn1c(N2CC3C[C@H]2CN3c2cnc3ccccc3c2)nc(-c2ccncn2)cc1=O. The summed E-state index contributed by atoms with van der Waals surface area (Å²) in [6, 6.07) is 14.4. The van der Waals surface area contributed by atoms with Gasteiger partial charge in [-0.25, -0.2) is 15.0 Å². The van der Waals surface area contributed by atoms with E-state index in [9.17, 15) is 4.79 Å². The number of para-hydroxylation sites is 1. The molecule has 8 nitrogen and oxygen atoms in total. The van der Waals surface area contributed by atoms with E-state index in [0.29, 0.717) is 29.4 Å². The standard InChI is InChI=1S/C23H21N7O/c1-28-22(31)10-21(20-6-7-24-14-26-20)27-23(28)30-13-17-9-18(30)12-29(17)16-8-15-4-2-3-5-19(15)25-11-16/h2-8,10-11,14,17-18H,9,12-13H2,1H3/t17?,18-/m0/s1. The molecule has 3 aromatic heterocycles. The Labute approximate surface area is 178 Å². The lowest BCUT2D eigenvalue weighted by molar-refractivity contribution is 0.614. The molecule has 0 N–H and O–H groups in total. The van der Waals surface area contributed by atoms with Crippen LogP contribution in [0.3, 0.4) is 0 Å². The van der Waals surface area contributed by atoms with Gasteiger partial charge in [0, 0.05) is 43.8 Å². The fourth-order valence-corrected chi connectivity index (χ4v) is 4.80. The topological polar surface area (TPSA) is 80.0 Å². The maximum absolute atomic E-state index is 12.6. The molecule has 6 rings (SSSR count). The minimum absolute atomic E-state index is 0.0861. The number of pyridine rings is 1. The zero-order valence-electron chi connectivity index (χ0n) is 17.1. The van der Waals surface area contributed by atoms with Crippen molar-refractivity contribution in [2.45, 2.75) is 18.5 Å².